The van der Waals surface area contributed by atoms with Crippen molar-refractivity contribution in [1.82, 2.24) is 5.32 Å². The molecule has 1 amide bonds. The highest BCUT2D eigenvalue weighted by Crippen LogP contribution is 2.62. The van der Waals surface area contributed by atoms with E-state index in [4.69, 9.17) is 5.11 Å². The van der Waals surface area contributed by atoms with E-state index in [9.17, 15) is 9.59 Å². The highest BCUT2D eigenvalue weighted by atomic mass is 32.1. The minimum absolute atomic E-state index is 0.0722. The number of hydrogen-bond acceptors (Lipinski definition) is 3. The van der Waals surface area contributed by atoms with Crippen LogP contribution in [0.5, 0.6) is 0 Å². The number of unbranched alkanes of at least 4 members (excludes halogenated alkanes) is 3. The maximum absolute atomic E-state index is 13.1. The van der Waals surface area contributed by atoms with Crippen molar-refractivity contribution in [1.29, 1.82) is 0 Å². The molecule has 2 bridgehead atoms. The quantitative estimate of drug-likeness (QED) is 0.475. The minimum Gasteiger partial charge on any atom is -0.481 e. The summed E-state index contributed by atoms with van der Waals surface area (Å²) in [5.41, 5.74) is 1.19. The van der Waals surface area contributed by atoms with Gasteiger partial charge in [-0.15, -0.1) is 11.3 Å². The van der Waals surface area contributed by atoms with E-state index in [-0.39, 0.29) is 18.4 Å². The minimum atomic E-state index is -0.701. The van der Waals surface area contributed by atoms with Crippen LogP contribution >= 0.6 is 11.3 Å². The molecule has 2 N–H and O–H groups in total. The van der Waals surface area contributed by atoms with Crippen molar-refractivity contribution in [2.45, 2.75) is 71.3 Å². The molecule has 0 unspecified atom stereocenters. The van der Waals surface area contributed by atoms with E-state index in [1.807, 2.05) is 23.6 Å². The smallest absolute Gasteiger partial charge is 0.303 e. The molecule has 2 aromatic rings. The zero-order chi connectivity index (χ0) is 21.3. The van der Waals surface area contributed by atoms with Crippen LogP contribution in [0.4, 0.5) is 0 Å². The number of amides is 1. The number of carbonyl (C=O) groups excluding carboxylic acids is 1. The van der Waals surface area contributed by atoms with E-state index < -0.39 is 5.97 Å². The Morgan fingerprint density at radius 3 is 2.67 bits per heavy atom. The number of carbonyl (C=O) groups is 2. The second-order valence-electron chi connectivity index (χ2n) is 9.83. The first kappa shape index (κ1) is 21.4. The lowest BCUT2D eigenvalue weighted by Crippen LogP contribution is -2.61. The van der Waals surface area contributed by atoms with E-state index >= 15 is 0 Å². The van der Waals surface area contributed by atoms with E-state index in [0.29, 0.717) is 23.2 Å². The van der Waals surface area contributed by atoms with Crippen molar-refractivity contribution in [2.75, 3.05) is 0 Å². The zero-order valence-electron chi connectivity index (χ0n) is 18.0. The second kappa shape index (κ2) is 8.70. The number of benzene rings is 1. The second-order valence-corrected chi connectivity index (χ2v) is 10.7. The third-order valence-electron chi connectivity index (χ3n) is 7.84. The molecule has 3 saturated carbocycles. The van der Waals surface area contributed by atoms with Crippen LogP contribution in [0.2, 0.25) is 0 Å². The number of nitrogens with one attached hydrogen (secondary N) is 1. The molecule has 4 atom stereocenters. The standard InChI is InChI=1S/C25H33NO3S/c1-25(2)16-13-20(25)18(10-5-3-4-6-12-23(27)28)21(14-16)26-24(29)19-15-30-22-11-8-7-9-17(19)22/h7-9,11,15-16,18,20-21H,3-6,10,12-14H2,1-2H3,(H,26,29)(H,27,28)/t16-,18+,20+,21-/m1/s1. The molecule has 1 heterocycles. The van der Waals surface area contributed by atoms with E-state index in [1.165, 1.54) is 6.42 Å². The van der Waals surface area contributed by atoms with Gasteiger partial charge < -0.3 is 10.4 Å². The third kappa shape index (κ3) is 4.14. The highest BCUT2D eigenvalue weighted by Gasteiger charge is 2.57. The number of thiophene rings is 1. The molecule has 5 heteroatoms. The number of carboxylic acids is 1. The van der Waals surface area contributed by atoms with Crippen LogP contribution in [0, 0.1) is 23.2 Å². The summed E-state index contributed by atoms with van der Waals surface area (Å²) in [6.45, 7) is 4.80. The number of carboxylic acid groups (broad SMARTS) is 1. The Morgan fingerprint density at radius 1 is 1.13 bits per heavy atom. The first-order chi connectivity index (χ1) is 14.4. The number of aliphatic carboxylic acids is 1. The molecule has 3 aliphatic rings. The van der Waals surface area contributed by atoms with Crippen molar-refractivity contribution in [3.05, 3.63) is 35.2 Å². The molecular weight excluding hydrogens is 394 g/mol. The monoisotopic (exact) mass is 427 g/mol. The lowest BCUT2D eigenvalue weighted by molar-refractivity contribution is -0.137. The molecule has 0 aliphatic heterocycles. The predicted octanol–water partition coefficient (Wildman–Crippen LogP) is 6.11. The van der Waals surface area contributed by atoms with E-state index in [2.05, 4.69) is 25.2 Å². The Labute approximate surface area is 183 Å². The highest BCUT2D eigenvalue weighted by molar-refractivity contribution is 7.17. The van der Waals surface area contributed by atoms with Gasteiger partial charge in [-0.2, -0.15) is 0 Å². The van der Waals surface area contributed by atoms with Gasteiger partial charge in [0.05, 0.1) is 5.56 Å². The van der Waals surface area contributed by atoms with Gasteiger partial charge in [0.25, 0.3) is 5.91 Å². The molecular formula is C25H33NO3S. The van der Waals surface area contributed by atoms with Crippen LogP contribution < -0.4 is 5.32 Å². The number of hydrogen-bond donors (Lipinski definition) is 2. The summed E-state index contributed by atoms with van der Waals surface area (Å²) in [6.07, 6.45) is 7.73. The number of fused-ring (bicyclic) bond motifs is 3. The fourth-order valence-corrected chi connectivity index (χ4v) is 6.86. The summed E-state index contributed by atoms with van der Waals surface area (Å²) in [7, 11) is 0. The van der Waals surface area contributed by atoms with Gasteiger partial charge in [0.15, 0.2) is 0 Å². The molecule has 3 aliphatic carbocycles. The van der Waals surface area contributed by atoms with Crippen LogP contribution in [0.15, 0.2) is 29.6 Å². The molecule has 5 rings (SSSR count). The Bertz CT molecular complexity index is 918. The van der Waals surface area contributed by atoms with Crippen LogP contribution in [0.25, 0.3) is 10.1 Å². The van der Waals surface area contributed by atoms with Crippen molar-refractivity contribution in [3.8, 4) is 0 Å². The Kier molecular flexibility index (Phi) is 6.19. The lowest BCUT2D eigenvalue weighted by atomic mass is 9.44. The average Bonchev–Trinajstić information content (AvgIpc) is 3.15. The Morgan fingerprint density at radius 2 is 1.90 bits per heavy atom. The predicted molar refractivity (Wildman–Crippen MR) is 122 cm³/mol. The van der Waals surface area contributed by atoms with Crippen LogP contribution in [0.3, 0.4) is 0 Å². The average molecular weight is 428 g/mol. The van der Waals surface area contributed by atoms with Gasteiger partial charge in [-0.1, -0.05) is 51.3 Å². The van der Waals surface area contributed by atoms with Gasteiger partial charge in [0.2, 0.25) is 0 Å². The summed E-state index contributed by atoms with van der Waals surface area (Å²) in [5, 5.41) is 15.3. The zero-order valence-corrected chi connectivity index (χ0v) is 18.8. The summed E-state index contributed by atoms with van der Waals surface area (Å²) in [4.78, 5) is 23.8. The third-order valence-corrected chi connectivity index (χ3v) is 8.80. The molecule has 1 aromatic carbocycles. The molecule has 0 spiro atoms. The number of rotatable bonds is 9. The Balaban J connectivity index is 1.39. The normalized spacial score (nSPS) is 26.9. The van der Waals surface area contributed by atoms with Crippen molar-refractivity contribution < 1.29 is 14.7 Å². The van der Waals surface area contributed by atoms with Gasteiger partial charge in [-0.05, 0) is 54.9 Å². The van der Waals surface area contributed by atoms with E-state index in [1.54, 1.807) is 11.3 Å². The van der Waals surface area contributed by atoms with Gasteiger partial charge in [0, 0.05) is 27.9 Å². The first-order valence-corrected chi connectivity index (χ1v) is 12.2. The maximum Gasteiger partial charge on any atom is 0.303 e. The van der Waals surface area contributed by atoms with Crippen molar-refractivity contribution in [3.63, 3.8) is 0 Å². The summed E-state index contributed by atoms with van der Waals surface area (Å²) >= 11 is 1.64. The molecule has 162 valence electrons. The van der Waals surface area contributed by atoms with Gasteiger partial charge in [0.1, 0.15) is 0 Å². The Hall–Kier alpha value is -1.88. The first-order valence-electron chi connectivity index (χ1n) is 11.4. The molecule has 0 radical (unpaired) electrons. The molecule has 30 heavy (non-hydrogen) atoms. The summed E-state index contributed by atoms with van der Waals surface area (Å²) < 4.78 is 1.16. The molecule has 1 aromatic heterocycles. The topological polar surface area (TPSA) is 66.4 Å². The maximum atomic E-state index is 13.1. The molecule has 4 nitrogen and oxygen atoms in total. The summed E-state index contributed by atoms with van der Waals surface area (Å²) in [5.74, 6) is 1.29. The fraction of sp³-hybridized carbons (Fsp3) is 0.600. The van der Waals surface area contributed by atoms with Crippen molar-refractivity contribution >= 4 is 33.3 Å². The van der Waals surface area contributed by atoms with Crippen LogP contribution in [-0.4, -0.2) is 23.0 Å². The van der Waals surface area contributed by atoms with Gasteiger partial charge in [-0.3, -0.25) is 9.59 Å². The largest absolute Gasteiger partial charge is 0.481 e. The van der Waals surface area contributed by atoms with E-state index in [0.717, 1.165) is 54.2 Å². The lowest BCUT2D eigenvalue weighted by Gasteiger charge is -2.62. The molecule has 0 saturated heterocycles. The fourth-order valence-electron chi connectivity index (χ4n) is 5.92. The van der Waals surface area contributed by atoms with Gasteiger partial charge in [-0.25, -0.2) is 0 Å². The van der Waals surface area contributed by atoms with Crippen LogP contribution in [-0.2, 0) is 4.79 Å². The SMILES string of the molecule is CC1(C)[C@H]2C[C@@H](NC(=O)c3csc4ccccc34)[C@@H](CCCCCCC(=O)O)[C@@H]1C2. The molecule has 3 fully saturated rings. The van der Waals surface area contributed by atoms with Crippen LogP contribution in [0.1, 0.15) is 75.6 Å². The van der Waals surface area contributed by atoms with Crippen molar-refractivity contribution in [2.24, 2.45) is 23.2 Å². The summed E-state index contributed by atoms with van der Waals surface area (Å²) in [6, 6.07) is 8.38. The van der Waals surface area contributed by atoms with Gasteiger partial charge >= 0.3 is 5.97 Å².